The Morgan fingerprint density at radius 1 is 1.05 bits per heavy atom. The van der Waals surface area contributed by atoms with Gasteiger partial charge in [-0.05, 0) is 59.5 Å². The summed E-state index contributed by atoms with van der Waals surface area (Å²) in [7, 11) is -2.40. The van der Waals surface area contributed by atoms with Crippen LogP contribution in [0.15, 0.2) is 66.9 Å². The first-order chi connectivity index (χ1) is 17.9. The van der Waals surface area contributed by atoms with Crippen LogP contribution in [0.5, 0.6) is 0 Å². The van der Waals surface area contributed by atoms with E-state index >= 15 is 8.78 Å². The van der Waals surface area contributed by atoms with E-state index in [9.17, 15) is 15.0 Å². The van der Waals surface area contributed by atoms with Crippen molar-refractivity contribution >= 4 is 41.7 Å². The molecule has 0 aliphatic rings. The molecule has 2 atom stereocenters. The zero-order valence-electron chi connectivity index (χ0n) is 21.7. The van der Waals surface area contributed by atoms with Crippen LogP contribution in [0.2, 0.25) is 24.7 Å². The number of carbonyl (C=O) groups is 1. The van der Waals surface area contributed by atoms with E-state index in [-0.39, 0.29) is 10.8 Å². The molecule has 38 heavy (non-hydrogen) atoms. The Morgan fingerprint density at radius 2 is 1.68 bits per heavy atom. The summed E-state index contributed by atoms with van der Waals surface area (Å²) in [5.41, 5.74) is 0.397. The van der Waals surface area contributed by atoms with Crippen LogP contribution >= 0.6 is 11.6 Å². The molecular formula is C30H30ClF2NO3Si. The fourth-order valence-corrected chi connectivity index (χ4v) is 7.07. The zero-order valence-corrected chi connectivity index (χ0v) is 23.5. The number of aromatic nitrogens is 1. The lowest BCUT2D eigenvalue weighted by Gasteiger charge is -2.39. The highest BCUT2D eigenvalue weighted by molar-refractivity contribution is 6.90. The van der Waals surface area contributed by atoms with Gasteiger partial charge in [0.2, 0.25) is 0 Å². The third kappa shape index (κ3) is 4.98. The van der Waals surface area contributed by atoms with E-state index in [2.05, 4.69) is 4.98 Å². The molecule has 0 radical (unpaired) electrons. The largest absolute Gasteiger partial charge is 0.478 e. The number of carboxylic acids is 1. The standard InChI is InChI=1S/C30H30ClF2NO3Si/c1-5-6-23(18-7-9-19(10-8-18)29(35)36)30(37,20-11-13-21(31)14-12-20)24-15-16-34-27-22(24)17-25(32)26(33)28(27)38(2,3)4/h7-17,23,37H,5-6H2,1-4H3,(H,35,36)/t23-,30?/m1/s1. The molecule has 0 aliphatic carbocycles. The van der Waals surface area contributed by atoms with Crippen LogP contribution in [-0.2, 0) is 5.60 Å². The predicted octanol–water partition coefficient (Wildman–Crippen LogP) is 7.23. The average Bonchev–Trinajstić information content (AvgIpc) is 2.87. The van der Waals surface area contributed by atoms with Gasteiger partial charge >= 0.3 is 5.97 Å². The highest BCUT2D eigenvalue weighted by atomic mass is 35.5. The minimum atomic E-state index is -2.40. The lowest BCUT2D eigenvalue weighted by molar-refractivity contribution is 0.0470. The van der Waals surface area contributed by atoms with Gasteiger partial charge in [0.15, 0.2) is 11.6 Å². The summed E-state index contributed by atoms with van der Waals surface area (Å²) < 4.78 is 30.3. The van der Waals surface area contributed by atoms with Gasteiger partial charge < -0.3 is 10.2 Å². The number of nitrogens with zero attached hydrogens (tertiary/aromatic N) is 1. The molecular weight excluding hydrogens is 524 g/mol. The third-order valence-electron chi connectivity index (χ3n) is 7.01. The molecule has 2 N–H and O–H groups in total. The highest BCUT2D eigenvalue weighted by Gasteiger charge is 2.43. The Kier molecular flexibility index (Phi) is 7.75. The molecule has 4 rings (SSSR count). The highest BCUT2D eigenvalue weighted by Crippen LogP contribution is 2.47. The van der Waals surface area contributed by atoms with Gasteiger partial charge in [-0.1, -0.05) is 68.9 Å². The second-order valence-corrected chi connectivity index (χ2v) is 16.0. The summed E-state index contributed by atoms with van der Waals surface area (Å²) in [5.74, 6) is -3.48. The number of carboxylic acid groups (broad SMARTS) is 1. The van der Waals surface area contributed by atoms with Crippen molar-refractivity contribution < 1.29 is 23.8 Å². The van der Waals surface area contributed by atoms with Gasteiger partial charge in [-0.3, -0.25) is 4.98 Å². The molecule has 0 amide bonds. The SMILES string of the molecule is CCC[C@H](c1ccc(C(=O)O)cc1)C(O)(c1ccc(Cl)cc1)c1ccnc2c([Si](C)(C)C)c(F)c(F)cc12. The van der Waals surface area contributed by atoms with Crippen LogP contribution in [-0.4, -0.2) is 29.2 Å². The van der Waals surface area contributed by atoms with Crippen LogP contribution < -0.4 is 5.19 Å². The number of pyridine rings is 1. The van der Waals surface area contributed by atoms with Crippen LogP contribution in [0.3, 0.4) is 0 Å². The number of hydrogen-bond acceptors (Lipinski definition) is 3. The number of aromatic carboxylic acids is 1. The molecule has 0 bridgehead atoms. The van der Waals surface area contributed by atoms with Crippen LogP contribution in [0, 0.1) is 11.6 Å². The second kappa shape index (κ2) is 10.6. The summed E-state index contributed by atoms with van der Waals surface area (Å²) in [4.78, 5) is 15.9. The molecule has 8 heteroatoms. The maximum absolute atomic E-state index is 15.2. The fourth-order valence-electron chi connectivity index (χ4n) is 5.26. The summed E-state index contributed by atoms with van der Waals surface area (Å²) in [6, 6.07) is 16.0. The number of benzene rings is 3. The summed E-state index contributed by atoms with van der Waals surface area (Å²) >= 11 is 6.18. The van der Waals surface area contributed by atoms with Crippen LogP contribution in [0.4, 0.5) is 8.78 Å². The molecule has 198 valence electrons. The molecule has 1 heterocycles. The van der Waals surface area contributed by atoms with E-state index in [4.69, 9.17) is 11.6 Å². The molecule has 4 nitrogen and oxygen atoms in total. The van der Waals surface area contributed by atoms with E-state index in [1.54, 1.807) is 42.5 Å². The van der Waals surface area contributed by atoms with Gasteiger partial charge in [-0.2, -0.15) is 0 Å². The predicted molar refractivity (Wildman–Crippen MR) is 150 cm³/mol. The Labute approximate surface area is 226 Å². The maximum Gasteiger partial charge on any atom is 0.335 e. The van der Waals surface area contributed by atoms with Gasteiger partial charge in [0, 0.05) is 27.7 Å². The van der Waals surface area contributed by atoms with Crippen molar-refractivity contribution in [2.24, 2.45) is 0 Å². The van der Waals surface area contributed by atoms with Crippen LogP contribution in [0.25, 0.3) is 10.9 Å². The topological polar surface area (TPSA) is 70.4 Å². The van der Waals surface area contributed by atoms with Gasteiger partial charge in [-0.25, -0.2) is 13.6 Å². The Morgan fingerprint density at radius 3 is 2.24 bits per heavy atom. The first-order valence-corrected chi connectivity index (χ1v) is 16.4. The molecule has 0 fully saturated rings. The van der Waals surface area contributed by atoms with Crippen molar-refractivity contribution in [1.82, 2.24) is 4.98 Å². The number of halogens is 3. The lowest BCUT2D eigenvalue weighted by atomic mass is 9.70. The Balaban J connectivity index is 2.09. The van der Waals surface area contributed by atoms with Crippen molar-refractivity contribution in [3.63, 3.8) is 0 Å². The quantitative estimate of drug-likeness (QED) is 0.226. The van der Waals surface area contributed by atoms with E-state index in [1.807, 2.05) is 26.6 Å². The second-order valence-electron chi connectivity index (χ2n) is 10.6. The summed E-state index contributed by atoms with van der Waals surface area (Å²) in [5, 5.41) is 23.3. The minimum Gasteiger partial charge on any atom is -0.478 e. The number of aliphatic hydroxyl groups is 1. The van der Waals surface area contributed by atoms with Gasteiger partial charge in [0.25, 0.3) is 0 Å². The summed E-state index contributed by atoms with van der Waals surface area (Å²) in [6.45, 7) is 7.76. The first-order valence-electron chi connectivity index (χ1n) is 12.5. The normalized spacial score (nSPS) is 14.3. The van der Waals surface area contributed by atoms with E-state index < -0.39 is 37.2 Å². The van der Waals surface area contributed by atoms with Crippen LogP contribution in [0.1, 0.15) is 52.7 Å². The molecule has 1 aromatic heterocycles. The van der Waals surface area contributed by atoms with E-state index in [1.165, 1.54) is 18.3 Å². The van der Waals surface area contributed by atoms with E-state index in [0.29, 0.717) is 45.5 Å². The van der Waals surface area contributed by atoms with Crippen molar-refractivity contribution in [3.8, 4) is 0 Å². The smallest absolute Gasteiger partial charge is 0.335 e. The first kappa shape index (κ1) is 27.9. The minimum absolute atomic E-state index is 0.130. The summed E-state index contributed by atoms with van der Waals surface area (Å²) in [6.07, 6.45) is 2.75. The molecule has 4 aromatic rings. The Hall–Kier alpha value is -3.13. The van der Waals surface area contributed by atoms with E-state index in [0.717, 1.165) is 6.07 Å². The molecule has 0 saturated heterocycles. The zero-order chi connectivity index (χ0) is 27.8. The van der Waals surface area contributed by atoms with Crippen molar-refractivity contribution in [3.05, 3.63) is 106 Å². The average molecular weight is 554 g/mol. The van der Waals surface area contributed by atoms with Gasteiger partial charge in [-0.15, -0.1) is 0 Å². The molecule has 1 unspecified atom stereocenters. The van der Waals surface area contributed by atoms with Gasteiger partial charge in [0.05, 0.1) is 19.2 Å². The molecule has 0 saturated carbocycles. The number of hydrogen-bond donors (Lipinski definition) is 2. The molecule has 0 spiro atoms. The maximum atomic E-state index is 15.2. The Bertz CT molecular complexity index is 1490. The third-order valence-corrected chi connectivity index (χ3v) is 9.22. The monoisotopic (exact) mass is 553 g/mol. The molecule has 3 aromatic carbocycles. The van der Waals surface area contributed by atoms with Crippen molar-refractivity contribution in [2.45, 2.75) is 50.9 Å². The number of fused-ring (bicyclic) bond motifs is 1. The fraction of sp³-hybridized carbons (Fsp3) is 0.267. The molecule has 0 aliphatic heterocycles. The van der Waals surface area contributed by atoms with Crippen molar-refractivity contribution in [1.29, 1.82) is 0 Å². The lowest BCUT2D eigenvalue weighted by Crippen LogP contribution is -2.42. The van der Waals surface area contributed by atoms with Crippen molar-refractivity contribution in [2.75, 3.05) is 0 Å². The van der Waals surface area contributed by atoms with Gasteiger partial charge in [0.1, 0.15) is 5.60 Å². The number of rotatable bonds is 8.